The van der Waals surface area contributed by atoms with Crippen molar-refractivity contribution in [3.8, 4) is 0 Å². The Morgan fingerprint density at radius 1 is 1.43 bits per heavy atom. The Morgan fingerprint density at radius 3 is 2.81 bits per heavy atom. The minimum absolute atomic E-state index is 0.101. The molecule has 5 heteroatoms. The topological polar surface area (TPSA) is 65.1 Å². The van der Waals surface area contributed by atoms with Crippen LogP contribution in [0, 0.1) is 11.2 Å². The molecule has 0 spiro atoms. The summed E-state index contributed by atoms with van der Waals surface area (Å²) in [6.45, 7) is 2.17. The van der Waals surface area contributed by atoms with Crippen LogP contribution in [0.2, 0.25) is 0 Å². The quantitative estimate of drug-likeness (QED) is 0.791. The van der Waals surface area contributed by atoms with Gasteiger partial charge in [-0.15, -0.1) is 0 Å². The molecule has 4 nitrogen and oxygen atoms in total. The van der Waals surface area contributed by atoms with Crippen LogP contribution in [0.1, 0.15) is 31.0 Å². The largest absolute Gasteiger partial charge is 0.395 e. The van der Waals surface area contributed by atoms with E-state index in [1.54, 1.807) is 0 Å². The third-order valence-corrected chi connectivity index (χ3v) is 4.30. The van der Waals surface area contributed by atoms with Gasteiger partial charge in [-0.05, 0) is 43.0 Å². The van der Waals surface area contributed by atoms with Gasteiger partial charge in [-0.25, -0.2) is 4.39 Å². The maximum Gasteiger partial charge on any atom is 0.228 e. The van der Waals surface area contributed by atoms with Crippen molar-refractivity contribution < 1.29 is 14.3 Å². The van der Waals surface area contributed by atoms with Crippen molar-refractivity contribution in [3.63, 3.8) is 0 Å². The fraction of sp³-hybridized carbons (Fsp3) is 0.438. The Balaban J connectivity index is 1.74. The van der Waals surface area contributed by atoms with Gasteiger partial charge in [0.05, 0.1) is 18.6 Å². The van der Waals surface area contributed by atoms with E-state index in [0.717, 1.165) is 29.4 Å². The molecule has 112 valence electrons. The summed E-state index contributed by atoms with van der Waals surface area (Å²) in [4.78, 5) is 15.2. The van der Waals surface area contributed by atoms with Crippen LogP contribution in [-0.4, -0.2) is 22.6 Å². The molecule has 0 saturated heterocycles. The first-order valence-electron chi connectivity index (χ1n) is 7.27. The minimum Gasteiger partial charge on any atom is -0.395 e. The van der Waals surface area contributed by atoms with Gasteiger partial charge in [-0.3, -0.25) is 4.79 Å². The summed E-state index contributed by atoms with van der Waals surface area (Å²) in [5, 5.41) is 12.9. The molecule has 1 fully saturated rings. The van der Waals surface area contributed by atoms with E-state index in [0.29, 0.717) is 18.5 Å². The number of aromatic nitrogens is 1. The van der Waals surface area contributed by atoms with Crippen LogP contribution in [0.4, 0.5) is 4.39 Å². The van der Waals surface area contributed by atoms with E-state index in [9.17, 15) is 14.3 Å². The molecule has 3 rings (SSSR count). The second kappa shape index (κ2) is 5.15. The van der Waals surface area contributed by atoms with Gasteiger partial charge in [0.15, 0.2) is 0 Å². The predicted molar refractivity (Wildman–Crippen MR) is 78.2 cm³/mol. The van der Waals surface area contributed by atoms with Crippen LogP contribution in [0.25, 0.3) is 10.9 Å². The molecule has 1 aliphatic carbocycles. The van der Waals surface area contributed by atoms with Gasteiger partial charge < -0.3 is 15.4 Å². The Kier molecular flexibility index (Phi) is 3.45. The van der Waals surface area contributed by atoms with E-state index in [1.165, 1.54) is 6.07 Å². The van der Waals surface area contributed by atoms with Gasteiger partial charge in [0.2, 0.25) is 5.91 Å². The number of aliphatic hydroxyl groups is 1. The lowest BCUT2D eigenvalue weighted by molar-refractivity contribution is -0.127. The molecule has 1 saturated carbocycles. The molecule has 0 bridgehead atoms. The number of aliphatic hydroxyl groups excluding tert-OH is 1. The predicted octanol–water partition coefficient (Wildman–Crippen LogP) is 2.26. The van der Waals surface area contributed by atoms with Crippen molar-refractivity contribution in [2.75, 3.05) is 6.61 Å². The number of carbonyl (C=O) groups excluding carboxylic acids is 1. The molecule has 1 aromatic heterocycles. The van der Waals surface area contributed by atoms with E-state index in [4.69, 9.17) is 0 Å². The highest BCUT2D eigenvalue weighted by Crippen LogP contribution is 2.45. The number of hydrogen-bond donors (Lipinski definition) is 3. The molecule has 1 heterocycles. The average Bonchev–Trinajstić information content (AvgIpc) is 3.19. The molecule has 1 aromatic carbocycles. The standard InChI is InChI=1S/C16H19FN2O2/c1-2-10-7-14-11(6-13(10)17)5-12(19-14)8-18-15(21)16(9-20)3-4-16/h5-7,19-20H,2-4,8-9H2,1H3,(H,18,21). The minimum atomic E-state index is -0.562. The van der Waals surface area contributed by atoms with Gasteiger partial charge in [0.1, 0.15) is 5.82 Å². The van der Waals surface area contributed by atoms with E-state index in [2.05, 4.69) is 10.3 Å². The summed E-state index contributed by atoms with van der Waals surface area (Å²) < 4.78 is 13.7. The Labute approximate surface area is 122 Å². The Bertz CT molecular complexity index is 689. The van der Waals surface area contributed by atoms with Crippen molar-refractivity contribution in [1.29, 1.82) is 0 Å². The molecule has 0 radical (unpaired) electrons. The lowest BCUT2D eigenvalue weighted by Gasteiger charge is -2.11. The highest BCUT2D eigenvalue weighted by molar-refractivity contribution is 5.86. The number of aromatic amines is 1. The zero-order valence-corrected chi connectivity index (χ0v) is 12.0. The SMILES string of the molecule is CCc1cc2[nH]c(CNC(=O)C3(CO)CC3)cc2cc1F. The molecule has 0 aliphatic heterocycles. The number of fused-ring (bicyclic) bond motifs is 1. The highest BCUT2D eigenvalue weighted by Gasteiger charge is 2.49. The molecule has 3 N–H and O–H groups in total. The van der Waals surface area contributed by atoms with Crippen LogP contribution < -0.4 is 5.32 Å². The molecular weight excluding hydrogens is 271 g/mol. The third-order valence-electron chi connectivity index (χ3n) is 4.30. The number of carbonyl (C=O) groups is 1. The second-order valence-corrected chi connectivity index (χ2v) is 5.80. The summed E-state index contributed by atoms with van der Waals surface area (Å²) in [6, 6.07) is 5.18. The number of amides is 1. The van der Waals surface area contributed by atoms with Gasteiger partial charge in [0, 0.05) is 16.6 Å². The molecule has 0 unspecified atom stereocenters. The summed E-state index contributed by atoms with van der Waals surface area (Å²) in [5.74, 6) is -0.305. The lowest BCUT2D eigenvalue weighted by atomic mass is 10.1. The van der Waals surface area contributed by atoms with Crippen LogP contribution in [0.3, 0.4) is 0 Å². The Hall–Kier alpha value is -1.88. The first-order valence-corrected chi connectivity index (χ1v) is 7.27. The van der Waals surface area contributed by atoms with Gasteiger partial charge >= 0.3 is 0 Å². The van der Waals surface area contributed by atoms with Crippen LogP contribution in [0.15, 0.2) is 18.2 Å². The van der Waals surface area contributed by atoms with Crippen molar-refractivity contribution in [2.45, 2.75) is 32.7 Å². The summed E-state index contributed by atoms with van der Waals surface area (Å²) in [5.41, 5.74) is 1.82. The fourth-order valence-electron chi connectivity index (χ4n) is 2.59. The zero-order chi connectivity index (χ0) is 15.0. The number of aryl methyl sites for hydroxylation is 1. The summed E-state index contributed by atoms with van der Waals surface area (Å²) >= 11 is 0. The highest BCUT2D eigenvalue weighted by atomic mass is 19.1. The molecular formula is C16H19FN2O2. The number of rotatable bonds is 5. The fourth-order valence-corrected chi connectivity index (χ4v) is 2.59. The number of benzene rings is 1. The number of H-pyrrole nitrogens is 1. The second-order valence-electron chi connectivity index (χ2n) is 5.80. The molecule has 1 amide bonds. The maximum absolute atomic E-state index is 13.7. The number of nitrogens with one attached hydrogen (secondary N) is 2. The molecule has 21 heavy (non-hydrogen) atoms. The van der Waals surface area contributed by atoms with Crippen LogP contribution in [-0.2, 0) is 17.8 Å². The number of hydrogen-bond acceptors (Lipinski definition) is 2. The van der Waals surface area contributed by atoms with Gasteiger partial charge in [-0.1, -0.05) is 6.92 Å². The van der Waals surface area contributed by atoms with Crippen LogP contribution >= 0.6 is 0 Å². The van der Waals surface area contributed by atoms with E-state index in [-0.39, 0.29) is 18.3 Å². The van der Waals surface area contributed by atoms with E-state index in [1.807, 2.05) is 19.1 Å². The van der Waals surface area contributed by atoms with E-state index < -0.39 is 5.41 Å². The summed E-state index contributed by atoms with van der Waals surface area (Å²) in [7, 11) is 0. The third kappa shape index (κ3) is 2.53. The first kappa shape index (κ1) is 14.1. The van der Waals surface area contributed by atoms with Crippen molar-refractivity contribution in [2.24, 2.45) is 5.41 Å². The molecule has 1 aliphatic rings. The van der Waals surface area contributed by atoms with Crippen molar-refractivity contribution in [3.05, 3.63) is 35.3 Å². The van der Waals surface area contributed by atoms with E-state index >= 15 is 0 Å². The monoisotopic (exact) mass is 290 g/mol. The Morgan fingerprint density at radius 2 is 2.19 bits per heavy atom. The lowest BCUT2D eigenvalue weighted by Crippen LogP contribution is -2.33. The maximum atomic E-state index is 13.7. The summed E-state index contributed by atoms with van der Waals surface area (Å²) in [6.07, 6.45) is 2.13. The van der Waals surface area contributed by atoms with Crippen molar-refractivity contribution >= 4 is 16.8 Å². The zero-order valence-electron chi connectivity index (χ0n) is 12.0. The van der Waals surface area contributed by atoms with Crippen LogP contribution in [0.5, 0.6) is 0 Å². The molecule has 2 aromatic rings. The van der Waals surface area contributed by atoms with Crippen molar-refractivity contribution in [1.82, 2.24) is 10.3 Å². The van der Waals surface area contributed by atoms with Gasteiger partial charge in [-0.2, -0.15) is 0 Å². The molecule has 0 atom stereocenters. The average molecular weight is 290 g/mol. The normalized spacial score (nSPS) is 16.1. The number of halogens is 1. The van der Waals surface area contributed by atoms with Gasteiger partial charge in [0.25, 0.3) is 0 Å². The smallest absolute Gasteiger partial charge is 0.228 e. The first-order chi connectivity index (χ1) is 10.1.